The molecule has 0 aliphatic rings. The van der Waals surface area contributed by atoms with Crippen LogP contribution in [-0.2, 0) is 11.3 Å². The maximum Gasteiger partial charge on any atom is 0.222 e. The number of benzene rings is 1. The van der Waals surface area contributed by atoms with Crippen molar-refractivity contribution in [2.24, 2.45) is 0 Å². The summed E-state index contributed by atoms with van der Waals surface area (Å²) in [6.07, 6.45) is 7.04. The molecule has 2 aromatic heterocycles. The zero-order valence-corrected chi connectivity index (χ0v) is 12.8. The topological polar surface area (TPSA) is 77.6 Å². The maximum atomic E-state index is 12.1. The second-order valence-electron chi connectivity index (χ2n) is 5.21. The average Bonchev–Trinajstić information content (AvgIpc) is 3.26. The van der Waals surface area contributed by atoms with Crippen molar-refractivity contribution in [1.29, 1.82) is 0 Å². The third-order valence-electron chi connectivity index (χ3n) is 3.57. The highest BCUT2D eigenvalue weighted by Crippen LogP contribution is 2.20. The molecule has 1 atom stereocenters. The minimum absolute atomic E-state index is 0.0248. The fourth-order valence-electron chi connectivity index (χ4n) is 2.43. The molecule has 0 spiro atoms. The number of hydrogen-bond donors (Lipinski definition) is 1. The van der Waals surface area contributed by atoms with Crippen molar-refractivity contribution in [1.82, 2.24) is 29.9 Å². The number of nitrogens with zero attached hydrogens (tertiary/aromatic N) is 5. The highest BCUT2D eigenvalue weighted by molar-refractivity contribution is 5.76. The third kappa shape index (κ3) is 3.63. The van der Waals surface area contributed by atoms with Crippen molar-refractivity contribution >= 4 is 5.91 Å². The van der Waals surface area contributed by atoms with Crippen molar-refractivity contribution in [3.05, 3.63) is 60.9 Å². The van der Waals surface area contributed by atoms with E-state index < -0.39 is 0 Å². The van der Waals surface area contributed by atoms with Crippen LogP contribution in [0.15, 0.2) is 55.4 Å². The highest BCUT2D eigenvalue weighted by Gasteiger charge is 2.14. The van der Waals surface area contributed by atoms with Crippen molar-refractivity contribution in [3.63, 3.8) is 0 Å². The second-order valence-corrected chi connectivity index (χ2v) is 5.21. The molecule has 23 heavy (non-hydrogen) atoms. The average molecular weight is 310 g/mol. The van der Waals surface area contributed by atoms with Crippen LogP contribution in [0, 0.1) is 0 Å². The Morgan fingerprint density at radius 2 is 2.13 bits per heavy atom. The summed E-state index contributed by atoms with van der Waals surface area (Å²) in [6.45, 7) is 2.48. The highest BCUT2D eigenvalue weighted by atomic mass is 16.1. The van der Waals surface area contributed by atoms with Crippen LogP contribution in [0.3, 0.4) is 0 Å². The summed E-state index contributed by atoms with van der Waals surface area (Å²) in [5.41, 5.74) is 1.98. The summed E-state index contributed by atoms with van der Waals surface area (Å²) in [5.74, 6) is -0.0248. The smallest absolute Gasteiger partial charge is 0.222 e. The van der Waals surface area contributed by atoms with Crippen LogP contribution in [0.2, 0.25) is 0 Å². The molecule has 0 saturated heterocycles. The maximum absolute atomic E-state index is 12.1. The molecule has 0 fully saturated rings. The van der Waals surface area contributed by atoms with Gasteiger partial charge in [0, 0.05) is 18.8 Å². The van der Waals surface area contributed by atoms with Gasteiger partial charge >= 0.3 is 0 Å². The third-order valence-corrected chi connectivity index (χ3v) is 3.57. The van der Waals surface area contributed by atoms with Crippen LogP contribution in [0.4, 0.5) is 0 Å². The molecule has 0 aliphatic carbocycles. The van der Waals surface area contributed by atoms with Crippen LogP contribution in [-0.4, -0.2) is 30.5 Å². The summed E-state index contributed by atoms with van der Waals surface area (Å²) in [6, 6.07) is 9.66. The molecule has 0 radical (unpaired) electrons. The van der Waals surface area contributed by atoms with Gasteiger partial charge in [-0.05, 0) is 24.6 Å². The Balaban J connectivity index is 1.66. The van der Waals surface area contributed by atoms with Gasteiger partial charge in [0.1, 0.15) is 12.7 Å². The number of aryl methyl sites for hydroxylation is 1. The second kappa shape index (κ2) is 6.87. The minimum atomic E-state index is -0.112. The molecule has 118 valence electrons. The van der Waals surface area contributed by atoms with Crippen molar-refractivity contribution < 1.29 is 4.79 Å². The summed E-state index contributed by atoms with van der Waals surface area (Å²) in [5, 5.41) is 11.3. The summed E-state index contributed by atoms with van der Waals surface area (Å²) < 4.78 is 3.44. The van der Waals surface area contributed by atoms with E-state index in [9.17, 15) is 4.79 Å². The number of nitrogens with one attached hydrogen (secondary N) is 1. The summed E-state index contributed by atoms with van der Waals surface area (Å²) >= 11 is 0. The van der Waals surface area contributed by atoms with Gasteiger partial charge < -0.3 is 5.32 Å². The number of carbonyl (C=O) groups excluding carboxylic acids is 1. The first-order valence-electron chi connectivity index (χ1n) is 7.45. The van der Waals surface area contributed by atoms with E-state index in [2.05, 4.69) is 20.5 Å². The zero-order valence-electron chi connectivity index (χ0n) is 12.8. The largest absolute Gasteiger partial charge is 0.349 e. The van der Waals surface area contributed by atoms with Crippen molar-refractivity contribution in [2.75, 3.05) is 0 Å². The molecule has 3 aromatic rings. The number of hydrogen-bond acceptors (Lipinski definition) is 4. The molecule has 1 amide bonds. The van der Waals surface area contributed by atoms with Gasteiger partial charge in [-0.1, -0.05) is 18.2 Å². The molecule has 0 unspecified atom stereocenters. The number of aromatic nitrogens is 5. The fraction of sp³-hybridized carbons (Fsp3) is 0.250. The first-order valence-corrected chi connectivity index (χ1v) is 7.45. The quantitative estimate of drug-likeness (QED) is 0.752. The minimum Gasteiger partial charge on any atom is -0.349 e. The van der Waals surface area contributed by atoms with Crippen molar-refractivity contribution in [2.45, 2.75) is 25.9 Å². The van der Waals surface area contributed by atoms with E-state index in [1.807, 2.05) is 43.5 Å². The molecule has 1 N–H and O–H groups in total. The lowest BCUT2D eigenvalue weighted by atomic mass is 10.1. The van der Waals surface area contributed by atoms with E-state index >= 15 is 0 Å². The predicted octanol–water partition coefficient (Wildman–Crippen LogP) is 1.73. The van der Waals surface area contributed by atoms with Crippen LogP contribution < -0.4 is 5.32 Å². The lowest BCUT2D eigenvalue weighted by molar-refractivity contribution is -0.122. The molecule has 0 aliphatic heterocycles. The number of para-hydroxylation sites is 1. The van der Waals surface area contributed by atoms with Gasteiger partial charge in [0.25, 0.3) is 0 Å². The van der Waals surface area contributed by atoms with Gasteiger partial charge in [0.05, 0.1) is 18.3 Å². The Kier molecular flexibility index (Phi) is 4.46. The monoisotopic (exact) mass is 310 g/mol. The van der Waals surface area contributed by atoms with Gasteiger partial charge in [0.15, 0.2) is 0 Å². The van der Waals surface area contributed by atoms with E-state index in [-0.39, 0.29) is 11.9 Å². The first-order chi connectivity index (χ1) is 11.2. The SMILES string of the molecule is C[C@H](NC(=O)CCn1cncn1)c1ccccc1-n1cccn1. The Morgan fingerprint density at radius 1 is 1.26 bits per heavy atom. The first kappa shape index (κ1) is 15.0. The Hall–Kier alpha value is -2.96. The van der Waals surface area contributed by atoms with Gasteiger partial charge in [-0.25, -0.2) is 9.67 Å². The lowest BCUT2D eigenvalue weighted by Crippen LogP contribution is -2.28. The Morgan fingerprint density at radius 3 is 2.87 bits per heavy atom. The van der Waals surface area contributed by atoms with Crippen LogP contribution in [0.5, 0.6) is 0 Å². The molecule has 1 aromatic carbocycles. The zero-order chi connectivity index (χ0) is 16.1. The Bertz CT molecular complexity index is 751. The fourth-order valence-corrected chi connectivity index (χ4v) is 2.43. The van der Waals surface area contributed by atoms with Gasteiger partial charge in [-0.15, -0.1) is 0 Å². The van der Waals surface area contributed by atoms with Crippen molar-refractivity contribution in [3.8, 4) is 5.69 Å². The van der Waals surface area contributed by atoms with E-state index in [1.54, 1.807) is 21.9 Å². The van der Waals surface area contributed by atoms with Gasteiger partial charge in [-0.2, -0.15) is 10.2 Å². The molecule has 7 heteroatoms. The molecule has 0 bridgehead atoms. The predicted molar refractivity (Wildman–Crippen MR) is 84.8 cm³/mol. The van der Waals surface area contributed by atoms with E-state index in [0.717, 1.165) is 11.3 Å². The Labute approximate surface area is 134 Å². The van der Waals surface area contributed by atoms with Crippen LogP contribution in [0.25, 0.3) is 5.69 Å². The molecule has 3 rings (SSSR count). The number of carbonyl (C=O) groups is 1. The standard InChI is InChI=1S/C16H18N6O/c1-13(20-16(23)7-10-21-12-17-11-19-21)14-5-2-3-6-15(14)22-9-4-8-18-22/h2-6,8-9,11-13H,7,10H2,1H3,(H,20,23)/t13-/m0/s1. The van der Waals surface area contributed by atoms with Gasteiger partial charge in [-0.3, -0.25) is 9.48 Å². The van der Waals surface area contributed by atoms with E-state index in [0.29, 0.717) is 13.0 Å². The molecule has 2 heterocycles. The number of rotatable bonds is 6. The number of amides is 1. The summed E-state index contributed by atoms with van der Waals surface area (Å²) in [4.78, 5) is 16.0. The molecule has 0 saturated carbocycles. The van der Waals surface area contributed by atoms with Crippen LogP contribution >= 0.6 is 0 Å². The normalized spacial score (nSPS) is 12.0. The molecule has 7 nitrogen and oxygen atoms in total. The lowest BCUT2D eigenvalue weighted by Gasteiger charge is -2.18. The molecular weight excluding hydrogens is 292 g/mol. The van der Waals surface area contributed by atoms with E-state index in [4.69, 9.17) is 0 Å². The van der Waals surface area contributed by atoms with E-state index in [1.165, 1.54) is 6.33 Å². The van der Waals surface area contributed by atoms with Crippen LogP contribution in [0.1, 0.15) is 24.9 Å². The molecular formula is C16H18N6O. The van der Waals surface area contributed by atoms with Gasteiger partial charge in [0.2, 0.25) is 5.91 Å². The summed E-state index contributed by atoms with van der Waals surface area (Å²) in [7, 11) is 0.